The normalized spacial score (nSPS) is 21.0. The van der Waals surface area contributed by atoms with Crippen molar-refractivity contribution < 1.29 is 14.3 Å². The summed E-state index contributed by atoms with van der Waals surface area (Å²) in [7, 11) is 1.84. The van der Waals surface area contributed by atoms with Gasteiger partial charge in [-0.2, -0.15) is 0 Å². The van der Waals surface area contributed by atoms with Crippen LogP contribution in [0.4, 0.5) is 4.79 Å². The summed E-state index contributed by atoms with van der Waals surface area (Å²) in [5.41, 5.74) is -0.501. The molecule has 0 radical (unpaired) electrons. The summed E-state index contributed by atoms with van der Waals surface area (Å²) in [6, 6.07) is 4.05. The predicted molar refractivity (Wildman–Crippen MR) is 91.3 cm³/mol. The molecule has 1 saturated carbocycles. The molecule has 1 heterocycles. The standard InChI is InChI=1S/C17H26N2O3S/c1-17(2,3)22-16(21)18-13-8-7-12(10-13)15(20)19(4)11-14-6-5-9-23-14/h5-6,9,12-13H,7-8,10-11H2,1-4H3,(H,18,21)/t12-,13+/m1/s1. The number of alkyl carbamates (subject to hydrolysis) is 1. The number of hydrogen-bond acceptors (Lipinski definition) is 4. The average molecular weight is 338 g/mol. The first-order valence-corrected chi connectivity index (χ1v) is 8.89. The summed E-state index contributed by atoms with van der Waals surface area (Å²) in [5, 5.41) is 4.89. The lowest BCUT2D eigenvalue weighted by Gasteiger charge is -2.22. The third-order valence-corrected chi connectivity index (χ3v) is 4.71. The summed E-state index contributed by atoms with van der Waals surface area (Å²) in [6.07, 6.45) is 1.92. The molecule has 0 aliphatic heterocycles. The van der Waals surface area contributed by atoms with Gasteiger partial charge in [-0.25, -0.2) is 4.79 Å². The first-order valence-electron chi connectivity index (χ1n) is 8.01. The molecule has 0 aromatic carbocycles. The Labute approximate surface area is 142 Å². The van der Waals surface area contributed by atoms with Crippen LogP contribution in [0.3, 0.4) is 0 Å². The molecule has 1 aliphatic rings. The van der Waals surface area contributed by atoms with Gasteiger partial charge in [0.15, 0.2) is 0 Å². The van der Waals surface area contributed by atoms with Crippen LogP contribution in [0.25, 0.3) is 0 Å². The summed E-state index contributed by atoms with van der Waals surface area (Å²) < 4.78 is 5.27. The number of thiophene rings is 1. The molecule has 0 saturated heterocycles. The zero-order valence-corrected chi connectivity index (χ0v) is 15.1. The minimum atomic E-state index is -0.501. The van der Waals surface area contributed by atoms with E-state index < -0.39 is 11.7 Å². The molecular weight excluding hydrogens is 312 g/mol. The Balaban J connectivity index is 1.80. The molecule has 0 spiro atoms. The van der Waals surface area contributed by atoms with Gasteiger partial charge in [0.1, 0.15) is 5.60 Å². The van der Waals surface area contributed by atoms with Crippen molar-refractivity contribution in [1.29, 1.82) is 0 Å². The van der Waals surface area contributed by atoms with Gasteiger partial charge >= 0.3 is 6.09 Å². The van der Waals surface area contributed by atoms with E-state index in [9.17, 15) is 9.59 Å². The highest BCUT2D eigenvalue weighted by molar-refractivity contribution is 7.09. The predicted octanol–water partition coefficient (Wildman–Crippen LogP) is 3.40. The molecule has 5 nitrogen and oxygen atoms in total. The van der Waals surface area contributed by atoms with Gasteiger partial charge < -0.3 is 15.0 Å². The summed E-state index contributed by atoms with van der Waals surface area (Å²) in [6.45, 7) is 6.17. The Hall–Kier alpha value is -1.56. The van der Waals surface area contributed by atoms with E-state index in [4.69, 9.17) is 4.74 Å². The molecule has 1 N–H and O–H groups in total. The number of ether oxygens (including phenoxy) is 1. The molecule has 2 atom stereocenters. The number of nitrogens with one attached hydrogen (secondary N) is 1. The second kappa shape index (κ2) is 7.34. The van der Waals surface area contributed by atoms with E-state index in [0.29, 0.717) is 13.0 Å². The fourth-order valence-corrected chi connectivity index (χ4v) is 3.59. The molecule has 0 bridgehead atoms. The highest BCUT2D eigenvalue weighted by atomic mass is 32.1. The third-order valence-electron chi connectivity index (χ3n) is 3.85. The fourth-order valence-electron chi connectivity index (χ4n) is 2.84. The van der Waals surface area contributed by atoms with Crippen LogP contribution in [0.1, 0.15) is 44.9 Å². The van der Waals surface area contributed by atoms with Crippen LogP contribution in [-0.2, 0) is 16.1 Å². The zero-order chi connectivity index (χ0) is 17.0. The minimum absolute atomic E-state index is 0.0140. The van der Waals surface area contributed by atoms with E-state index >= 15 is 0 Å². The number of rotatable bonds is 4. The van der Waals surface area contributed by atoms with E-state index in [1.54, 1.807) is 16.2 Å². The molecule has 1 aliphatic carbocycles. The molecule has 1 fully saturated rings. The SMILES string of the molecule is CN(Cc1cccs1)C(=O)[C@@H]1CC[C@H](NC(=O)OC(C)(C)C)C1. The van der Waals surface area contributed by atoms with Gasteiger partial charge in [-0.05, 0) is 51.5 Å². The van der Waals surface area contributed by atoms with Crippen LogP contribution < -0.4 is 5.32 Å². The van der Waals surface area contributed by atoms with E-state index in [-0.39, 0.29) is 17.9 Å². The molecule has 0 unspecified atom stereocenters. The average Bonchev–Trinajstić information content (AvgIpc) is 3.07. The van der Waals surface area contributed by atoms with E-state index in [1.165, 1.54) is 4.88 Å². The molecule has 6 heteroatoms. The minimum Gasteiger partial charge on any atom is -0.444 e. The zero-order valence-electron chi connectivity index (χ0n) is 14.3. The van der Waals surface area contributed by atoms with Crippen molar-refractivity contribution in [3.05, 3.63) is 22.4 Å². The Bertz CT molecular complexity index is 537. The maximum Gasteiger partial charge on any atom is 0.407 e. The van der Waals surface area contributed by atoms with Crippen LogP contribution in [-0.4, -0.2) is 35.6 Å². The lowest BCUT2D eigenvalue weighted by molar-refractivity contribution is -0.134. The van der Waals surface area contributed by atoms with Crippen molar-refractivity contribution in [2.75, 3.05) is 7.05 Å². The van der Waals surface area contributed by atoms with E-state index in [2.05, 4.69) is 5.32 Å². The van der Waals surface area contributed by atoms with Crippen molar-refractivity contribution in [2.24, 2.45) is 5.92 Å². The van der Waals surface area contributed by atoms with Gasteiger partial charge in [0, 0.05) is 23.9 Å². The molecular formula is C17H26N2O3S. The lowest BCUT2D eigenvalue weighted by atomic mass is 10.1. The topological polar surface area (TPSA) is 58.6 Å². The van der Waals surface area contributed by atoms with Crippen LogP contribution in [0.15, 0.2) is 17.5 Å². The van der Waals surface area contributed by atoms with Crippen LogP contribution in [0, 0.1) is 5.92 Å². The molecule has 23 heavy (non-hydrogen) atoms. The van der Waals surface area contributed by atoms with Gasteiger partial charge in [-0.3, -0.25) is 4.79 Å². The highest BCUT2D eigenvalue weighted by Gasteiger charge is 2.33. The molecule has 2 amide bonds. The highest BCUT2D eigenvalue weighted by Crippen LogP contribution is 2.28. The third kappa shape index (κ3) is 5.53. The Morgan fingerprint density at radius 3 is 2.74 bits per heavy atom. The molecule has 128 valence electrons. The smallest absolute Gasteiger partial charge is 0.407 e. The van der Waals surface area contributed by atoms with Crippen molar-refractivity contribution >= 4 is 23.3 Å². The van der Waals surface area contributed by atoms with Crippen LogP contribution in [0.5, 0.6) is 0 Å². The van der Waals surface area contributed by atoms with Gasteiger partial charge in [0.25, 0.3) is 0 Å². The fraction of sp³-hybridized carbons (Fsp3) is 0.647. The summed E-state index contributed by atoms with van der Waals surface area (Å²) >= 11 is 1.66. The first-order chi connectivity index (χ1) is 10.7. The summed E-state index contributed by atoms with van der Waals surface area (Å²) in [4.78, 5) is 27.3. The van der Waals surface area contributed by atoms with Crippen LogP contribution in [0.2, 0.25) is 0 Å². The number of amides is 2. The number of nitrogens with zero attached hydrogens (tertiary/aromatic N) is 1. The molecule has 1 aromatic rings. The lowest BCUT2D eigenvalue weighted by Crippen LogP contribution is -2.38. The quantitative estimate of drug-likeness (QED) is 0.915. The van der Waals surface area contributed by atoms with Crippen molar-refractivity contribution in [1.82, 2.24) is 10.2 Å². The first kappa shape index (κ1) is 17.8. The van der Waals surface area contributed by atoms with Crippen LogP contribution >= 0.6 is 11.3 Å². The maximum atomic E-state index is 12.5. The summed E-state index contributed by atoms with van der Waals surface area (Å²) in [5.74, 6) is 0.145. The van der Waals surface area contributed by atoms with Gasteiger partial charge in [0.05, 0.1) is 6.54 Å². The van der Waals surface area contributed by atoms with Crippen molar-refractivity contribution in [3.63, 3.8) is 0 Å². The number of carbonyl (C=O) groups is 2. The maximum absolute atomic E-state index is 12.5. The van der Waals surface area contributed by atoms with Gasteiger partial charge in [-0.15, -0.1) is 11.3 Å². The largest absolute Gasteiger partial charge is 0.444 e. The Kier molecular flexibility index (Phi) is 5.68. The van der Waals surface area contributed by atoms with Crippen molar-refractivity contribution in [3.8, 4) is 0 Å². The van der Waals surface area contributed by atoms with Gasteiger partial charge in [0.2, 0.25) is 5.91 Å². The number of hydrogen-bond donors (Lipinski definition) is 1. The van der Waals surface area contributed by atoms with E-state index in [1.807, 2.05) is 45.3 Å². The number of carbonyl (C=O) groups excluding carboxylic acids is 2. The second-order valence-corrected chi connectivity index (χ2v) is 8.16. The molecule has 1 aromatic heterocycles. The Morgan fingerprint density at radius 1 is 1.39 bits per heavy atom. The molecule has 2 rings (SSSR count). The van der Waals surface area contributed by atoms with Gasteiger partial charge in [-0.1, -0.05) is 6.07 Å². The monoisotopic (exact) mass is 338 g/mol. The van der Waals surface area contributed by atoms with E-state index in [0.717, 1.165) is 12.8 Å². The Morgan fingerprint density at radius 2 is 2.13 bits per heavy atom. The van der Waals surface area contributed by atoms with Crippen molar-refractivity contribution in [2.45, 2.75) is 58.2 Å². The second-order valence-electron chi connectivity index (χ2n) is 7.13.